The van der Waals surface area contributed by atoms with Gasteiger partial charge in [0, 0.05) is 24.9 Å². The number of aryl methyl sites for hydroxylation is 2. The molecule has 0 aliphatic rings. The number of amides is 1. The topological polar surface area (TPSA) is 122 Å². The molecule has 4 rings (SSSR count). The van der Waals surface area contributed by atoms with Gasteiger partial charge in [-0.2, -0.15) is 0 Å². The zero-order valence-corrected chi connectivity index (χ0v) is 19.8. The van der Waals surface area contributed by atoms with Crippen molar-refractivity contribution in [2.24, 2.45) is 0 Å². The molecule has 184 valence electrons. The number of hydrogen-bond donors (Lipinski definition) is 3. The number of aromatic nitrogens is 2. The number of benzene rings is 2. The average Bonchev–Trinajstić information content (AvgIpc) is 2.88. The molecule has 0 radical (unpaired) electrons. The van der Waals surface area contributed by atoms with Crippen LogP contribution >= 0.6 is 0 Å². The summed E-state index contributed by atoms with van der Waals surface area (Å²) in [5.74, 6) is -1.45. The molecule has 8 nitrogen and oxygen atoms in total. The summed E-state index contributed by atoms with van der Waals surface area (Å²) in [6.07, 6.45) is 5.51. The van der Waals surface area contributed by atoms with Crippen molar-refractivity contribution in [1.82, 2.24) is 15.3 Å². The van der Waals surface area contributed by atoms with Crippen molar-refractivity contribution < 1.29 is 24.5 Å². The highest BCUT2D eigenvalue weighted by Gasteiger charge is 2.20. The second-order valence-electron chi connectivity index (χ2n) is 8.57. The van der Waals surface area contributed by atoms with Gasteiger partial charge in [0.15, 0.2) is 0 Å². The van der Waals surface area contributed by atoms with Crippen LogP contribution in [0.25, 0.3) is 10.9 Å². The van der Waals surface area contributed by atoms with Crippen LogP contribution in [0.1, 0.15) is 37.5 Å². The summed E-state index contributed by atoms with van der Waals surface area (Å²) < 4.78 is 5.25. The Labute approximate surface area is 208 Å². The molecule has 2 aromatic heterocycles. The Balaban J connectivity index is 1.55. The summed E-state index contributed by atoms with van der Waals surface area (Å²) in [6, 6.07) is 17.0. The lowest BCUT2D eigenvalue weighted by Gasteiger charge is -2.18. The maximum atomic E-state index is 13.1. The molecule has 2 aromatic carbocycles. The van der Waals surface area contributed by atoms with Crippen LogP contribution in [0.2, 0.25) is 0 Å². The third-order valence-electron chi connectivity index (χ3n) is 5.88. The van der Waals surface area contributed by atoms with Gasteiger partial charge in [-0.25, -0.2) is 9.78 Å². The Morgan fingerprint density at radius 1 is 1.00 bits per heavy atom. The van der Waals surface area contributed by atoms with E-state index < -0.39 is 11.9 Å². The largest absolute Gasteiger partial charge is 0.508 e. The van der Waals surface area contributed by atoms with Crippen LogP contribution in [0.15, 0.2) is 73.1 Å². The van der Waals surface area contributed by atoms with E-state index in [4.69, 9.17) is 4.74 Å². The van der Waals surface area contributed by atoms with Gasteiger partial charge in [-0.05, 0) is 72.4 Å². The second kappa shape index (κ2) is 11.4. The highest BCUT2D eigenvalue weighted by molar-refractivity contribution is 6.06. The molecular formula is C28H27N3O5. The van der Waals surface area contributed by atoms with Crippen LogP contribution in [0.5, 0.6) is 5.75 Å². The number of ether oxygens (including phenoxy) is 1. The molecule has 0 aliphatic carbocycles. The van der Waals surface area contributed by atoms with Crippen LogP contribution < -0.4 is 5.32 Å². The van der Waals surface area contributed by atoms with E-state index in [-0.39, 0.29) is 29.7 Å². The van der Waals surface area contributed by atoms with Crippen LogP contribution in [0.4, 0.5) is 0 Å². The van der Waals surface area contributed by atoms with Gasteiger partial charge in [0.25, 0.3) is 5.91 Å². The molecule has 0 spiro atoms. The van der Waals surface area contributed by atoms with E-state index >= 15 is 0 Å². The molecule has 2 heterocycles. The molecule has 0 aliphatic heterocycles. The van der Waals surface area contributed by atoms with Gasteiger partial charge in [0.1, 0.15) is 11.4 Å². The van der Waals surface area contributed by atoms with Crippen molar-refractivity contribution in [2.45, 2.75) is 25.3 Å². The summed E-state index contributed by atoms with van der Waals surface area (Å²) in [4.78, 5) is 33.7. The van der Waals surface area contributed by atoms with Crippen molar-refractivity contribution in [1.29, 1.82) is 0 Å². The highest BCUT2D eigenvalue weighted by Crippen LogP contribution is 2.22. The first-order valence-corrected chi connectivity index (χ1v) is 11.6. The first kappa shape index (κ1) is 24.8. The lowest BCUT2D eigenvalue weighted by molar-refractivity contribution is 0.0699. The minimum Gasteiger partial charge on any atom is -0.508 e. The number of nitrogens with zero attached hydrogens (tertiary/aromatic N) is 2. The van der Waals surface area contributed by atoms with E-state index in [2.05, 4.69) is 15.3 Å². The highest BCUT2D eigenvalue weighted by atomic mass is 16.5. The smallest absolute Gasteiger partial charge is 0.336 e. The quantitative estimate of drug-likeness (QED) is 0.312. The Morgan fingerprint density at radius 2 is 1.75 bits per heavy atom. The molecule has 0 fully saturated rings. The predicted molar refractivity (Wildman–Crippen MR) is 135 cm³/mol. The number of phenolic OH excluding ortho intramolecular Hbond substituents is 1. The van der Waals surface area contributed by atoms with E-state index in [9.17, 15) is 19.8 Å². The van der Waals surface area contributed by atoms with E-state index in [1.165, 1.54) is 6.07 Å². The number of fused-ring (bicyclic) bond motifs is 1. The predicted octanol–water partition coefficient (Wildman–Crippen LogP) is 3.81. The molecule has 0 saturated heterocycles. The number of nitrogens with one attached hydrogen (secondary N) is 1. The molecule has 1 atom stereocenters. The van der Waals surface area contributed by atoms with Crippen LogP contribution in [0, 0.1) is 0 Å². The number of carbonyl (C=O) groups excluding carboxylic acids is 1. The molecule has 8 heteroatoms. The van der Waals surface area contributed by atoms with Crippen LogP contribution in [-0.4, -0.2) is 51.8 Å². The first-order chi connectivity index (χ1) is 17.4. The monoisotopic (exact) mass is 485 g/mol. The van der Waals surface area contributed by atoms with Gasteiger partial charge in [-0.15, -0.1) is 0 Å². The first-order valence-electron chi connectivity index (χ1n) is 11.6. The normalized spacial score (nSPS) is 11.8. The van der Waals surface area contributed by atoms with Gasteiger partial charge >= 0.3 is 5.97 Å². The maximum Gasteiger partial charge on any atom is 0.336 e. The fraction of sp³-hybridized carbons (Fsp3) is 0.214. The average molecular weight is 486 g/mol. The molecule has 1 amide bonds. The summed E-state index contributed by atoms with van der Waals surface area (Å²) in [5.41, 5.74) is 3.46. The number of phenols is 1. The fourth-order valence-corrected chi connectivity index (χ4v) is 4.09. The summed E-state index contributed by atoms with van der Waals surface area (Å²) in [7, 11) is 1.54. The van der Waals surface area contributed by atoms with Crippen molar-refractivity contribution in [3.63, 3.8) is 0 Å². The molecule has 0 bridgehead atoms. The number of aromatic carboxylic acids is 1. The third kappa shape index (κ3) is 6.22. The maximum absolute atomic E-state index is 13.1. The van der Waals surface area contributed by atoms with Gasteiger partial charge in [-0.1, -0.05) is 24.3 Å². The van der Waals surface area contributed by atoms with Gasteiger partial charge in [0.2, 0.25) is 0 Å². The lowest BCUT2D eigenvalue weighted by Crippen LogP contribution is -2.40. The zero-order valence-electron chi connectivity index (χ0n) is 19.8. The van der Waals surface area contributed by atoms with Crippen molar-refractivity contribution in [3.8, 4) is 5.75 Å². The van der Waals surface area contributed by atoms with Crippen LogP contribution in [0.3, 0.4) is 0 Å². The SMILES string of the molecule is COC[C@H](Cc1ccc(O)cc1)NC(=O)c1cc(C(=O)O)c2cc(CCc3cccnc3)ccc2n1. The van der Waals surface area contributed by atoms with Gasteiger partial charge in [0.05, 0.1) is 23.7 Å². The minimum absolute atomic E-state index is 0.0230. The van der Waals surface area contributed by atoms with Crippen molar-refractivity contribution >= 4 is 22.8 Å². The molecule has 36 heavy (non-hydrogen) atoms. The molecule has 3 N–H and O–H groups in total. The standard InChI is InChI=1S/C28H27N3O5/c1-36-17-21(13-18-6-9-22(32)10-7-18)30-27(33)26-15-24(28(34)35)23-14-19(8-11-25(23)31-26)4-5-20-3-2-12-29-16-20/h2-3,6-12,14-16,21,32H,4-5,13,17H2,1H3,(H,30,33)(H,34,35)/t21-/m0/s1. The van der Waals surface area contributed by atoms with Gasteiger partial charge < -0.3 is 20.3 Å². The third-order valence-corrected chi connectivity index (χ3v) is 5.88. The van der Waals surface area contributed by atoms with Crippen molar-refractivity contribution in [2.75, 3.05) is 13.7 Å². The Morgan fingerprint density at radius 3 is 2.44 bits per heavy atom. The lowest BCUT2D eigenvalue weighted by atomic mass is 10.0. The minimum atomic E-state index is -1.13. The molecule has 0 unspecified atom stereocenters. The Kier molecular flexibility index (Phi) is 7.87. The fourth-order valence-electron chi connectivity index (χ4n) is 4.09. The van der Waals surface area contributed by atoms with Gasteiger partial charge in [-0.3, -0.25) is 9.78 Å². The number of carboxylic acids is 1. The van der Waals surface area contributed by atoms with E-state index in [1.54, 1.807) is 43.6 Å². The molecule has 4 aromatic rings. The summed E-state index contributed by atoms with van der Waals surface area (Å²) in [5, 5.41) is 22.7. The van der Waals surface area contributed by atoms with Crippen molar-refractivity contribution in [3.05, 3.63) is 101 Å². The number of hydrogen-bond acceptors (Lipinski definition) is 6. The number of pyridine rings is 2. The Hall–Kier alpha value is -4.30. The summed E-state index contributed by atoms with van der Waals surface area (Å²) >= 11 is 0. The number of carbonyl (C=O) groups is 2. The van der Waals surface area contributed by atoms with E-state index in [1.807, 2.05) is 30.5 Å². The van der Waals surface area contributed by atoms with E-state index in [0.29, 0.717) is 17.3 Å². The Bertz CT molecular complexity index is 1360. The molecular weight excluding hydrogens is 458 g/mol. The summed E-state index contributed by atoms with van der Waals surface area (Å²) in [6.45, 7) is 0.256. The van der Waals surface area contributed by atoms with Crippen LogP contribution in [-0.2, 0) is 24.0 Å². The number of carboxylic acid groups (broad SMARTS) is 1. The number of aromatic hydroxyl groups is 1. The molecule has 0 saturated carbocycles. The van der Waals surface area contributed by atoms with E-state index in [0.717, 1.165) is 29.5 Å². The zero-order chi connectivity index (χ0) is 25.5. The second-order valence-corrected chi connectivity index (χ2v) is 8.57. The number of methoxy groups -OCH3 is 1. The number of rotatable bonds is 10.